The van der Waals surface area contributed by atoms with Gasteiger partial charge in [-0.25, -0.2) is 0 Å². The molecule has 2 heterocycles. The van der Waals surface area contributed by atoms with Crippen molar-refractivity contribution in [2.45, 2.75) is 20.3 Å². The van der Waals surface area contributed by atoms with Gasteiger partial charge in [-0.05, 0) is 50.6 Å². The van der Waals surface area contributed by atoms with Crippen LogP contribution in [0.4, 0.5) is 0 Å². The number of rotatable bonds is 7. The molecule has 1 aliphatic rings. The molecule has 1 fully saturated rings. The standard InChI is InChI=1S/C21H28N2O4/c1-16-15-20(17(2)27-16)21(24)23-12-10-22(11-13-23)9-4-14-26-19-7-5-18(25-3)6-8-19/h5-8,15H,4,9-14H2,1-3H3. The molecular weight excluding hydrogens is 344 g/mol. The van der Waals surface area contributed by atoms with Gasteiger partial charge in [0.1, 0.15) is 23.0 Å². The maximum atomic E-state index is 12.6. The Morgan fingerprint density at radius 2 is 1.74 bits per heavy atom. The van der Waals surface area contributed by atoms with Crippen LogP contribution in [0, 0.1) is 13.8 Å². The summed E-state index contributed by atoms with van der Waals surface area (Å²) in [7, 11) is 1.65. The van der Waals surface area contributed by atoms with Crippen molar-refractivity contribution in [3.05, 3.63) is 47.4 Å². The predicted molar refractivity (Wildman–Crippen MR) is 104 cm³/mol. The molecular formula is C21H28N2O4. The lowest BCUT2D eigenvalue weighted by molar-refractivity contribution is 0.0629. The van der Waals surface area contributed by atoms with Gasteiger partial charge in [-0.3, -0.25) is 9.69 Å². The van der Waals surface area contributed by atoms with E-state index in [1.54, 1.807) is 7.11 Å². The van der Waals surface area contributed by atoms with Crippen LogP contribution in [0.15, 0.2) is 34.7 Å². The van der Waals surface area contributed by atoms with E-state index in [4.69, 9.17) is 13.9 Å². The Balaban J connectivity index is 1.37. The monoisotopic (exact) mass is 372 g/mol. The first-order valence-corrected chi connectivity index (χ1v) is 9.42. The fourth-order valence-corrected chi connectivity index (χ4v) is 3.34. The summed E-state index contributed by atoms with van der Waals surface area (Å²) in [6.45, 7) is 8.66. The first-order valence-electron chi connectivity index (χ1n) is 9.42. The van der Waals surface area contributed by atoms with Crippen LogP contribution in [0.1, 0.15) is 28.3 Å². The van der Waals surface area contributed by atoms with Gasteiger partial charge in [0, 0.05) is 32.7 Å². The highest BCUT2D eigenvalue weighted by Gasteiger charge is 2.24. The third kappa shape index (κ3) is 5.04. The van der Waals surface area contributed by atoms with Crippen LogP contribution >= 0.6 is 0 Å². The summed E-state index contributed by atoms with van der Waals surface area (Å²) in [5, 5.41) is 0. The van der Waals surface area contributed by atoms with Crippen molar-refractivity contribution in [1.29, 1.82) is 0 Å². The van der Waals surface area contributed by atoms with Crippen molar-refractivity contribution in [3.8, 4) is 11.5 Å². The molecule has 2 aromatic rings. The normalized spacial score (nSPS) is 15.0. The number of methoxy groups -OCH3 is 1. The van der Waals surface area contributed by atoms with E-state index in [1.807, 2.05) is 49.1 Å². The molecule has 0 bridgehead atoms. The number of carbonyl (C=O) groups is 1. The Morgan fingerprint density at radius 1 is 1.07 bits per heavy atom. The van der Waals surface area contributed by atoms with Gasteiger partial charge >= 0.3 is 0 Å². The molecule has 0 saturated carbocycles. The zero-order valence-electron chi connectivity index (χ0n) is 16.4. The maximum Gasteiger partial charge on any atom is 0.257 e. The SMILES string of the molecule is COc1ccc(OCCCN2CCN(C(=O)c3cc(C)oc3C)CC2)cc1. The molecule has 27 heavy (non-hydrogen) atoms. The Hall–Kier alpha value is -2.47. The molecule has 1 amide bonds. The van der Waals surface area contributed by atoms with Gasteiger partial charge in [0.2, 0.25) is 0 Å². The Bertz CT molecular complexity index is 746. The number of benzene rings is 1. The minimum Gasteiger partial charge on any atom is -0.497 e. The Kier molecular flexibility index (Phi) is 6.40. The second-order valence-corrected chi connectivity index (χ2v) is 6.84. The van der Waals surface area contributed by atoms with Crippen LogP contribution in [-0.2, 0) is 0 Å². The van der Waals surface area contributed by atoms with Crippen LogP contribution < -0.4 is 9.47 Å². The predicted octanol–water partition coefficient (Wildman–Crippen LogP) is 3.13. The molecule has 0 atom stereocenters. The van der Waals surface area contributed by atoms with Crippen molar-refractivity contribution in [2.24, 2.45) is 0 Å². The summed E-state index contributed by atoms with van der Waals surface area (Å²) in [6.07, 6.45) is 0.958. The number of hydrogen-bond donors (Lipinski definition) is 0. The van der Waals surface area contributed by atoms with Gasteiger partial charge in [0.05, 0.1) is 19.3 Å². The Labute approximate surface area is 160 Å². The largest absolute Gasteiger partial charge is 0.497 e. The number of nitrogens with zero attached hydrogens (tertiary/aromatic N) is 2. The topological polar surface area (TPSA) is 55.2 Å². The fraction of sp³-hybridized carbons (Fsp3) is 0.476. The molecule has 6 nitrogen and oxygen atoms in total. The van der Waals surface area contributed by atoms with Gasteiger partial charge in [-0.2, -0.15) is 0 Å². The molecule has 1 aliphatic heterocycles. The number of ether oxygens (including phenoxy) is 2. The maximum absolute atomic E-state index is 12.6. The number of piperazine rings is 1. The summed E-state index contributed by atoms with van der Waals surface area (Å²) in [6, 6.07) is 9.47. The molecule has 0 spiro atoms. The summed E-state index contributed by atoms with van der Waals surface area (Å²) < 4.78 is 16.4. The molecule has 0 aliphatic carbocycles. The van der Waals surface area contributed by atoms with Crippen molar-refractivity contribution in [3.63, 3.8) is 0 Å². The van der Waals surface area contributed by atoms with Gasteiger partial charge in [-0.15, -0.1) is 0 Å². The van der Waals surface area contributed by atoms with Crippen LogP contribution in [0.5, 0.6) is 11.5 Å². The van der Waals surface area contributed by atoms with E-state index in [2.05, 4.69) is 4.90 Å². The molecule has 0 unspecified atom stereocenters. The second kappa shape index (κ2) is 8.95. The molecule has 146 valence electrons. The van der Waals surface area contributed by atoms with Crippen molar-refractivity contribution >= 4 is 5.91 Å². The van der Waals surface area contributed by atoms with E-state index in [-0.39, 0.29) is 5.91 Å². The quantitative estimate of drug-likeness (QED) is 0.699. The van der Waals surface area contributed by atoms with E-state index >= 15 is 0 Å². The molecule has 1 aromatic carbocycles. The third-order valence-corrected chi connectivity index (χ3v) is 4.88. The Morgan fingerprint density at radius 3 is 2.33 bits per heavy atom. The average Bonchev–Trinajstić information content (AvgIpc) is 3.03. The molecule has 1 aromatic heterocycles. The van der Waals surface area contributed by atoms with Gasteiger partial charge < -0.3 is 18.8 Å². The van der Waals surface area contributed by atoms with E-state index in [1.165, 1.54) is 0 Å². The zero-order chi connectivity index (χ0) is 19.2. The molecule has 0 radical (unpaired) electrons. The van der Waals surface area contributed by atoms with E-state index in [0.717, 1.165) is 56.4 Å². The van der Waals surface area contributed by atoms with Crippen molar-refractivity contribution < 1.29 is 18.7 Å². The third-order valence-electron chi connectivity index (χ3n) is 4.88. The average molecular weight is 372 g/mol. The second-order valence-electron chi connectivity index (χ2n) is 6.84. The highest BCUT2D eigenvalue weighted by molar-refractivity contribution is 5.95. The summed E-state index contributed by atoms with van der Waals surface area (Å²) in [5.41, 5.74) is 0.689. The number of aryl methyl sites for hydroxylation is 2. The fourth-order valence-electron chi connectivity index (χ4n) is 3.34. The lowest BCUT2D eigenvalue weighted by Crippen LogP contribution is -2.49. The smallest absolute Gasteiger partial charge is 0.257 e. The zero-order valence-corrected chi connectivity index (χ0v) is 16.4. The highest BCUT2D eigenvalue weighted by atomic mass is 16.5. The summed E-state index contributed by atoms with van der Waals surface area (Å²) in [4.78, 5) is 16.9. The van der Waals surface area contributed by atoms with E-state index in [9.17, 15) is 4.79 Å². The van der Waals surface area contributed by atoms with Crippen LogP contribution in [-0.4, -0.2) is 62.1 Å². The van der Waals surface area contributed by atoms with Gasteiger partial charge in [0.25, 0.3) is 5.91 Å². The first-order chi connectivity index (χ1) is 13.1. The lowest BCUT2D eigenvalue weighted by atomic mass is 10.2. The molecule has 0 N–H and O–H groups in total. The summed E-state index contributed by atoms with van der Waals surface area (Å²) in [5.74, 6) is 3.25. The number of carbonyl (C=O) groups excluding carboxylic acids is 1. The van der Waals surface area contributed by atoms with Crippen molar-refractivity contribution in [1.82, 2.24) is 9.80 Å². The lowest BCUT2D eigenvalue weighted by Gasteiger charge is -2.34. The van der Waals surface area contributed by atoms with Crippen LogP contribution in [0.25, 0.3) is 0 Å². The minimum atomic E-state index is 0.0758. The highest BCUT2D eigenvalue weighted by Crippen LogP contribution is 2.18. The molecule has 1 saturated heterocycles. The van der Waals surface area contributed by atoms with Crippen LogP contribution in [0.3, 0.4) is 0 Å². The first kappa shape index (κ1) is 19.3. The molecule has 3 rings (SSSR count). The van der Waals surface area contributed by atoms with Crippen molar-refractivity contribution in [2.75, 3.05) is 46.4 Å². The van der Waals surface area contributed by atoms with Crippen LogP contribution in [0.2, 0.25) is 0 Å². The van der Waals surface area contributed by atoms with E-state index in [0.29, 0.717) is 17.9 Å². The number of hydrogen-bond acceptors (Lipinski definition) is 5. The minimum absolute atomic E-state index is 0.0758. The molecule has 6 heteroatoms. The summed E-state index contributed by atoms with van der Waals surface area (Å²) >= 11 is 0. The van der Waals surface area contributed by atoms with Gasteiger partial charge in [-0.1, -0.05) is 0 Å². The number of amides is 1. The number of furan rings is 1. The van der Waals surface area contributed by atoms with E-state index < -0.39 is 0 Å². The van der Waals surface area contributed by atoms with Gasteiger partial charge in [0.15, 0.2) is 0 Å².